The monoisotopic (exact) mass is 244 g/mol. The minimum atomic E-state index is 0.118. The van der Waals surface area contributed by atoms with Crippen molar-refractivity contribution in [2.75, 3.05) is 6.54 Å². The number of para-hydroxylation sites is 1. The van der Waals surface area contributed by atoms with E-state index in [0.717, 1.165) is 6.42 Å². The van der Waals surface area contributed by atoms with Gasteiger partial charge in [-0.05, 0) is 25.0 Å². The lowest BCUT2D eigenvalue weighted by Gasteiger charge is -2.04. The molecule has 1 heterocycles. The molecular formula is C15H20N2O. The summed E-state index contributed by atoms with van der Waals surface area (Å²) < 4.78 is 2.21. The Balaban J connectivity index is 2.22. The Morgan fingerprint density at radius 2 is 2.06 bits per heavy atom. The highest BCUT2D eigenvalue weighted by Crippen LogP contribution is 2.24. The van der Waals surface area contributed by atoms with Crippen LogP contribution < -0.4 is 5.32 Å². The molecule has 2 aromatic rings. The van der Waals surface area contributed by atoms with E-state index in [9.17, 15) is 4.79 Å². The number of carbonyl (C=O) groups excluding carboxylic acids is 1. The Morgan fingerprint density at radius 1 is 1.33 bits per heavy atom. The number of aromatic nitrogens is 1. The first-order chi connectivity index (χ1) is 8.65. The fourth-order valence-corrected chi connectivity index (χ4v) is 2.37. The third-order valence-electron chi connectivity index (χ3n) is 3.55. The third kappa shape index (κ3) is 2.26. The van der Waals surface area contributed by atoms with Gasteiger partial charge in [0.05, 0.1) is 0 Å². The van der Waals surface area contributed by atoms with Gasteiger partial charge in [-0.25, -0.2) is 0 Å². The van der Waals surface area contributed by atoms with Crippen molar-refractivity contribution in [1.29, 1.82) is 0 Å². The molecule has 3 nitrogen and oxygen atoms in total. The van der Waals surface area contributed by atoms with E-state index >= 15 is 0 Å². The average molecular weight is 244 g/mol. The van der Waals surface area contributed by atoms with Crippen LogP contribution in [0.2, 0.25) is 0 Å². The van der Waals surface area contributed by atoms with E-state index in [-0.39, 0.29) is 5.91 Å². The van der Waals surface area contributed by atoms with E-state index in [0.29, 0.717) is 13.0 Å². The third-order valence-corrected chi connectivity index (χ3v) is 3.55. The van der Waals surface area contributed by atoms with Gasteiger partial charge in [0.1, 0.15) is 0 Å². The van der Waals surface area contributed by atoms with Crippen LogP contribution in [0.3, 0.4) is 0 Å². The van der Waals surface area contributed by atoms with Crippen molar-refractivity contribution in [3.8, 4) is 0 Å². The maximum Gasteiger partial charge on any atom is 0.219 e. The molecule has 0 fully saturated rings. The van der Waals surface area contributed by atoms with E-state index in [4.69, 9.17) is 0 Å². The number of aryl methyl sites for hydroxylation is 1. The fraction of sp³-hybridized carbons (Fsp3) is 0.400. The van der Waals surface area contributed by atoms with Crippen LogP contribution in [0.1, 0.15) is 24.6 Å². The van der Waals surface area contributed by atoms with Crippen molar-refractivity contribution < 1.29 is 4.79 Å². The number of nitrogens with one attached hydrogen (secondary N) is 1. The Kier molecular flexibility index (Phi) is 3.70. The summed E-state index contributed by atoms with van der Waals surface area (Å²) in [4.78, 5) is 11.2. The van der Waals surface area contributed by atoms with Crippen molar-refractivity contribution in [2.24, 2.45) is 7.05 Å². The maximum atomic E-state index is 11.2. The van der Waals surface area contributed by atoms with E-state index in [1.807, 2.05) is 6.92 Å². The summed E-state index contributed by atoms with van der Waals surface area (Å²) in [7, 11) is 2.09. The molecule has 96 valence electrons. The van der Waals surface area contributed by atoms with Gasteiger partial charge in [-0.2, -0.15) is 0 Å². The van der Waals surface area contributed by atoms with Crippen LogP contribution in [0.5, 0.6) is 0 Å². The summed E-state index contributed by atoms with van der Waals surface area (Å²) in [6, 6.07) is 8.41. The van der Waals surface area contributed by atoms with Crippen LogP contribution in [0.15, 0.2) is 24.3 Å². The zero-order valence-electron chi connectivity index (χ0n) is 11.3. The van der Waals surface area contributed by atoms with E-state index in [1.54, 1.807) is 0 Å². The van der Waals surface area contributed by atoms with E-state index < -0.39 is 0 Å². The Bertz CT molecular complexity index is 569. The lowest BCUT2D eigenvalue weighted by Crippen LogP contribution is -2.24. The molecule has 0 saturated heterocycles. The van der Waals surface area contributed by atoms with Crippen molar-refractivity contribution in [2.45, 2.75) is 26.7 Å². The van der Waals surface area contributed by atoms with Crippen LogP contribution in [0.4, 0.5) is 0 Å². The first-order valence-electron chi connectivity index (χ1n) is 6.44. The van der Waals surface area contributed by atoms with Crippen molar-refractivity contribution >= 4 is 16.8 Å². The summed E-state index contributed by atoms with van der Waals surface area (Å²) in [6.45, 7) is 4.72. The van der Waals surface area contributed by atoms with Gasteiger partial charge in [0, 0.05) is 36.6 Å². The van der Waals surface area contributed by atoms with Crippen molar-refractivity contribution in [3.05, 3.63) is 35.5 Å². The molecule has 0 spiro atoms. The van der Waals surface area contributed by atoms with Gasteiger partial charge in [-0.15, -0.1) is 0 Å². The standard InChI is InChI=1S/C15H20N2O/c1-4-15(18)16-10-9-12-11(2)17(3)14-8-6-5-7-13(12)14/h5-8H,4,9-10H2,1-3H3,(H,16,18). The normalized spacial score (nSPS) is 10.8. The smallest absolute Gasteiger partial charge is 0.219 e. The molecule has 0 aliphatic rings. The molecule has 0 aliphatic carbocycles. The predicted octanol–water partition coefficient (Wildman–Crippen LogP) is 2.56. The molecule has 1 aromatic carbocycles. The van der Waals surface area contributed by atoms with E-state index in [1.165, 1.54) is 22.2 Å². The minimum Gasteiger partial charge on any atom is -0.356 e. The number of nitrogens with zero attached hydrogens (tertiary/aromatic N) is 1. The molecule has 18 heavy (non-hydrogen) atoms. The summed E-state index contributed by atoms with van der Waals surface area (Å²) in [6.07, 6.45) is 1.44. The summed E-state index contributed by atoms with van der Waals surface area (Å²) in [5.41, 5.74) is 3.87. The second-order valence-electron chi connectivity index (χ2n) is 4.59. The lowest BCUT2D eigenvalue weighted by molar-refractivity contribution is -0.120. The molecule has 1 amide bonds. The number of hydrogen-bond acceptors (Lipinski definition) is 1. The van der Waals surface area contributed by atoms with Crippen LogP contribution in [0, 0.1) is 6.92 Å². The molecule has 0 unspecified atom stereocenters. The topological polar surface area (TPSA) is 34.0 Å². The number of fused-ring (bicyclic) bond motifs is 1. The zero-order chi connectivity index (χ0) is 13.1. The molecule has 0 atom stereocenters. The lowest BCUT2D eigenvalue weighted by atomic mass is 10.1. The summed E-state index contributed by atoms with van der Waals surface area (Å²) >= 11 is 0. The summed E-state index contributed by atoms with van der Waals surface area (Å²) in [5.74, 6) is 0.118. The quantitative estimate of drug-likeness (QED) is 0.881. The summed E-state index contributed by atoms with van der Waals surface area (Å²) in [5, 5.41) is 4.23. The van der Waals surface area contributed by atoms with Gasteiger partial charge < -0.3 is 9.88 Å². The number of rotatable bonds is 4. The van der Waals surface area contributed by atoms with Crippen molar-refractivity contribution in [3.63, 3.8) is 0 Å². The molecule has 0 aliphatic heterocycles. The average Bonchev–Trinajstić information content (AvgIpc) is 2.64. The zero-order valence-corrected chi connectivity index (χ0v) is 11.3. The largest absolute Gasteiger partial charge is 0.356 e. The molecule has 3 heteroatoms. The highest BCUT2D eigenvalue weighted by atomic mass is 16.1. The van der Waals surface area contributed by atoms with Gasteiger partial charge in [0.15, 0.2) is 0 Å². The Morgan fingerprint density at radius 3 is 2.78 bits per heavy atom. The van der Waals surface area contributed by atoms with Crippen LogP contribution >= 0.6 is 0 Å². The first-order valence-corrected chi connectivity index (χ1v) is 6.44. The van der Waals surface area contributed by atoms with Crippen molar-refractivity contribution in [1.82, 2.24) is 9.88 Å². The van der Waals surface area contributed by atoms with E-state index in [2.05, 4.69) is 48.1 Å². The number of amides is 1. The van der Waals surface area contributed by atoms with Gasteiger partial charge in [0.25, 0.3) is 0 Å². The second kappa shape index (κ2) is 5.25. The Hall–Kier alpha value is -1.77. The molecule has 1 aromatic heterocycles. The molecule has 0 radical (unpaired) electrons. The first kappa shape index (κ1) is 12.7. The number of hydrogen-bond donors (Lipinski definition) is 1. The van der Waals surface area contributed by atoms with Crippen LogP contribution in [-0.2, 0) is 18.3 Å². The van der Waals surface area contributed by atoms with Gasteiger partial charge in [-0.3, -0.25) is 4.79 Å². The molecule has 2 rings (SSSR count). The second-order valence-corrected chi connectivity index (χ2v) is 4.59. The number of benzene rings is 1. The number of carbonyl (C=O) groups is 1. The molecule has 0 bridgehead atoms. The molecule has 1 N–H and O–H groups in total. The van der Waals surface area contributed by atoms with Crippen LogP contribution in [-0.4, -0.2) is 17.0 Å². The highest BCUT2D eigenvalue weighted by molar-refractivity contribution is 5.85. The maximum absolute atomic E-state index is 11.2. The fourth-order valence-electron chi connectivity index (χ4n) is 2.37. The van der Waals surface area contributed by atoms with Gasteiger partial charge >= 0.3 is 0 Å². The van der Waals surface area contributed by atoms with Gasteiger partial charge in [-0.1, -0.05) is 25.1 Å². The molecule has 0 saturated carbocycles. The molecular weight excluding hydrogens is 224 g/mol. The van der Waals surface area contributed by atoms with Crippen LogP contribution in [0.25, 0.3) is 10.9 Å². The predicted molar refractivity (Wildman–Crippen MR) is 74.7 cm³/mol. The van der Waals surface area contributed by atoms with Gasteiger partial charge in [0.2, 0.25) is 5.91 Å². The highest BCUT2D eigenvalue weighted by Gasteiger charge is 2.10. The SMILES string of the molecule is CCC(=O)NCCc1c(C)n(C)c2ccccc12. The minimum absolute atomic E-state index is 0.118. The Labute approximate surface area is 108 Å².